The number of amides is 1. The molecule has 3 rings (SSSR count). The van der Waals surface area contributed by atoms with Gasteiger partial charge in [0.1, 0.15) is 6.33 Å². The van der Waals surface area contributed by atoms with Gasteiger partial charge in [0.05, 0.1) is 11.3 Å². The van der Waals surface area contributed by atoms with E-state index in [0.29, 0.717) is 5.56 Å². The summed E-state index contributed by atoms with van der Waals surface area (Å²) >= 11 is 0. The predicted molar refractivity (Wildman–Crippen MR) is 84.5 cm³/mol. The van der Waals surface area contributed by atoms with E-state index in [9.17, 15) is 9.59 Å². The maximum Gasteiger partial charge on any atom is 0.338 e. The van der Waals surface area contributed by atoms with Crippen LogP contribution >= 0.6 is 0 Å². The first-order valence-corrected chi connectivity index (χ1v) is 7.98. The maximum atomic E-state index is 12.3. The van der Waals surface area contributed by atoms with Gasteiger partial charge in [-0.2, -0.15) is 0 Å². The van der Waals surface area contributed by atoms with E-state index < -0.39 is 12.1 Å². The van der Waals surface area contributed by atoms with Crippen LogP contribution in [0, 0.1) is 0 Å². The second-order valence-corrected chi connectivity index (χ2v) is 5.73. The number of benzene rings is 1. The first kappa shape index (κ1) is 16.1. The van der Waals surface area contributed by atoms with Crippen molar-refractivity contribution >= 4 is 11.9 Å². The molecule has 1 atom stereocenters. The Hall–Kier alpha value is -2.77. The third-order valence-corrected chi connectivity index (χ3v) is 4.02. The molecule has 2 aromatic rings. The van der Waals surface area contributed by atoms with Gasteiger partial charge in [-0.1, -0.05) is 0 Å². The molecule has 0 radical (unpaired) electrons. The molecule has 8 nitrogen and oxygen atoms in total. The molecule has 0 bridgehead atoms. The molecular weight excluding hydrogens is 310 g/mol. The van der Waals surface area contributed by atoms with Crippen LogP contribution in [0.4, 0.5) is 0 Å². The van der Waals surface area contributed by atoms with Gasteiger partial charge < -0.3 is 9.64 Å². The molecule has 1 fully saturated rings. The van der Waals surface area contributed by atoms with Gasteiger partial charge in [-0.05, 0) is 60.9 Å². The lowest BCUT2D eigenvalue weighted by Crippen LogP contribution is -2.42. The molecule has 0 saturated carbocycles. The van der Waals surface area contributed by atoms with Crippen molar-refractivity contribution in [2.75, 3.05) is 13.1 Å². The summed E-state index contributed by atoms with van der Waals surface area (Å²) in [7, 11) is 0. The molecule has 2 heterocycles. The zero-order chi connectivity index (χ0) is 16.9. The van der Waals surface area contributed by atoms with E-state index in [1.165, 1.54) is 11.0 Å². The zero-order valence-corrected chi connectivity index (χ0v) is 13.5. The van der Waals surface area contributed by atoms with Crippen LogP contribution in [0.15, 0.2) is 30.6 Å². The van der Waals surface area contributed by atoms with Gasteiger partial charge in [0.25, 0.3) is 5.91 Å². The van der Waals surface area contributed by atoms with Crippen LogP contribution < -0.4 is 0 Å². The average molecular weight is 329 g/mol. The van der Waals surface area contributed by atoms with Crippen molar-refractivity contribution in [2.45, 2.75) is 32.3 Å². The number of tetrazole rings is 1. The molecule has 126 valence electrons. The van der Waals surface area contributed by atoms with Crippen molar-refractivity contribution in [1.82, 2.24) is 25.1 Å². The number of likely N-dealkylation sites (tertiary alicyclic amines) is 1. The Morgan fingerprint density at radius 2 is 1.83 bits per heavy atom. The largest absolute Gasteiger partial charge is 0.449 e. The van der Waals surface area contributed by atoms with Gasteiger partial charge in [0, 0.05) is 13.1 Å². The zero-order valence-electron chi connectivity index (χ0n) is 13.5. The Labute approximate surface area is 139 Å². The van der Waals surface area contributed by atoms with Crippen LogP contribution in [-0.4, -0.2) is 56.2 Å². The lowest BCUT2D eigenvalue weighted by atomic mass is 10.1. The molecule has 0 unspecified atom stereocenters. The maximum absolute atomic E-state index is 12.3. The lowest BCUT2D eigenvalue weighted by Gasteiger charge is -2.28. The fourth-order valence-electron chi connectivity index (χ4n) is 2.68. The van der Waals surface area contributed by atoms with Crippen molar-refractivity contribution in [1.29, 1.82) is 0 Å². The van der Waals surface area contributed by atoms with Crippen LogP contribution in [0.5, 0.6) is 0 Å². The van der Waals surface area contributed by atoms with Crippen molar-refractivity contribution in [3.8, 4) is 5.69 Å². The van der Waals surface area contributed by atoms with E-state index >= 15 is 0 Å². The standard InChI is InChI=1S/C16H19N5O3/c1-12(15(22)20-9-3-2-4-10-20)24-16(23)13-5-7-14(8-6-13)21-11-17-18-19-21/h5-8,11-12H,2-4,9-10H2,1H3/t12-/m0/s1. The Morgan fingerprint density at radius 3 is 2.46 bits per heavy atom. The minimum atomic E-state index is -0.783. The van der Waals surface area contributed by atoms with Crippen LogP contribution in [0.2, 0.25) is 0 Å². The molecule has 1 saturated heterocycles. The highest BCUT2D eigenvalue weighted by molar-refractivity contribution is 5.92. The third kappa shape index (κ3) is 3.58. The molecular formula is C16H19N5O3. The number of hydrogen-bond donors (Lipinski definition) is 0. The molecule has 0 N–H and O–H groups in total. The monoisotopic (exact) mass is 329 g/mol. The van der Waals surface area contributed by atoms with Gasteiger partial charge in [0.2, 0.25) is 0 Å². The fourth-order valence-corrected chi connectivity index (χ4v) is 2.68. The fraction of sp³-hybridized carbons (Fsp3) is 0.438. The SMILES string of the molecule is C[C@H](OC(=O)c1ccc(-n2cnnn2)cc1)C(=O)N1CCCCC1. The predicted octanol–water partition coefficient (Wildman–Crippen LogP) is 1.22. The van der Waals surface area contributed by atoms with Crippen molar-refractivity contribution in [3.05, 3.63) is 36.2 Å². The first-order chi connectivity index (χ1) is 11.6. The number of hydrogen-bond acceptors (Lipinski definition) is 6. The highest BCUT2D eigenvalue weighted by Crippen LogP contribution is 2.13. The van der Waals surface area contributed by atoms with Crippen LogP contribution in [0.1, 0.15) is 36.5 Å². The second kappa shape index (κ2) is 7.20. The second-order valence-electron chi connectivity index (χ2n) is 5.73. The number of nitrogens with zero attached hydrogens (tertiary/aromatic N) is 5. The van der Waals surface area contributed by atoms with E-state index in [0.717, 1.165) is 38.0 Å². The molecule has 1 aliphatic rings. The Balaban J connectivity index is 1.60. The molecule has 1 aliphatic heterocycles. The molecule has 24 heavy (non-hydrogen) atoms. The molecule has 8 heteroatoms. The van der Waals surface area contributed by atoms with E-state index in [1.807, 2.05) is 0 Å². The molecule has 1 aromatic heterocycles. The van der Waals surface area contributed by atoms with Crippen LogP contribution in [0.25, 0.3) is 5.69 Å². The highest BCUT2D eigenvalue weighted by atomic mass is 16.5. The lowest BCUT2D eigenvalue weighted by molar-refractivity contribution is -0.140. The average Bonchev–Trinajstić information content (AvgIpc) is 3.16. The topological polar surface area (TPSA) is 90.2 Å². The molecule has 1 amide bonds. The van der Waals surface area contributed by atoms with Gasteiger partial charge in [-0.3, -0.25) is 4.79 Å². The van der Waals surface area contributed by atoms with Gasteiger partial charge in [0.15, 0.2) is 6.10 Å². The summed E-state index contributed by atoms with van der Waals surface area (Å²) in [6, 6.07) is 6.67. The third-order valence-electron chi connectivity index (χ3n) is 4.02. The van der Waals surface area contributed by atoms with E-state index in [4.69, 9.17) is 4.74 Å². The van der Waals surface area contributed by atoms with Crippen molar-refractivity contribution in [3.63, 3.8) is 0 Å². The van der Waals surface area contributed by atoms with Crippen LogP contribution in [-0.2, 0) is 9.53 Å². The molecule has 0 aliphatic carbocycles. The summed E-state index contributed by atoms with van der Waals surface area (Å²) in [5, 5.41) is 10.9. The molecule has 0 spiro atoms. The smallest absolute Gasteiger partial charge is 0.338 e. The van der Waals surface area contributed by atoms with E-state index in [2.05, 4.69) is 15.5 Å². The van der Waals surface area contributed by atoms with Crippen molar-refractivity contribution < 1.29 is 14.3 Å². The Morgan fingerprint density at radius 1 is 1.12 bits per heavy atom. The number of ether oxygens (including phenoxy) is 1. The summed E-state index contributed by atoms with van der Waals surface area (Å²) in [5.41, 5.74) is 1.11. The van der Waals surface area contributed by atoms with Crippen LogP contribution in [0.3, 0.4) is 0 Å². The van der Waals surface area contributed by atoms with Gasteiger partial charge >= 0.3 is 5.97 Å². The minimum Gasteiger partial charge on any atom is -0.449 e. The highest BCUT2D eigenvalue weighted by Gasteiger charge is 2.25. The number of piperidine rings is 1. The number of carbonyl (C=O) groups is 2. The normalized spacial score (nSPS) is 15.8. The van der Waals surface area contributed by atoms with Gasteiger partial charge in [-0.25, -0.2) is 9.48 Å². The van der Waals surface area contributed by atoms with E-state index in [-0.39, 0.29) is 5.91 Å². The Kier molecular flexibility index (Phi) is 4.83. The van der Waals surface area contributed by atoms with E-state index in [1.54, 1.807) is 36.1 Å². The minimum absolute atomic E-state index is 0.131. The van der Waals surface area contributed by atoms with Crippen molar-refractivity contribution in [2.24, 2.45) is 0 Å². The summed E-state index contributed by atoms with van der Waals surface area (Å²) in [5.74, 6) is -0.649. The van der Waals surface area contributed by atoms with Gasteiger partial charge in [-0.15, -0.1) is 5.10 Å². The summed E-state index contributed by atoms with van der Waals surface area (Å²) in [4.78, 5) is 26.3. The number of carbonyl (C=O) groups excluding carboxylic acids is 2. The number of rotatable bonds is 4. The summed E-state index contributed by atoms with van der Waals surface area (Å²) < 4.78 is 6.79. The Bertz CT molecular complexity index is 693. The first-order valence-electron chi connectivity index (χ1n) is 7.98. The number of aromatic nitrogens is 4. The number of esters is 1. The quantitative estimate of drug-likeness (QED) is 0.784. The summed E-state index contributed by atoms with van der Waals surface area (Å²) in [6.45, 7) is 3.09. The molecule has 1 aromatic carbocycles. The summed E-state index contributed by atoms with van der Waals surface area (Å²) in [6.07, 6.45) is 3.84.